The molecule has 1 saturated heterocycles. The average molecular weight is 462 g/mol. The van der Waals surface area contributed by atoms with Crippen molar-refractivity contribution < 1.29 is 23.9 Å². The Bertz CT molecular complexity index is 1110. The third-order valence-corrected chi connectivity index (χ3v) is 5.90. The largest absolute Gasteiger partial charge is 0.480 e. The van der Waals surface area contributed by atoms with Crippen molar-refractivity contribution in [1.82, 2.24) is 15.1 Å². The van der Waals surface area contributed by atoms with Crippen LogP contribution in [0, 0.1) is 0 Å². The van der Waals surface area contributed by atoms with Gasteiger partial charge in [-0.2, -0.15) is 0 Å². The molecule has 0 saturated carbocycles. The Morgan fingerprint density at radius 3 is 2.21 bits per heavy atom. The van der Waals surface area contributed by atoms with Crippen LogP contribution in [0.2, 0.25) is 0 Å². The van der Waals surface area contributed by atoms with Gasteiger partial charge in [0, 0.05) is 44.7 Å². The minimum Gasteiger partial charge on any atom is -0.480 e. The molecule has 8 heteroatoms. The van der Waals surface area contributed by atoms with E-state index in [1.54, 1.807) is 29.2 Å². The Morgan fingerprint density at radius 2 is 1.59 bits per heavy atom. The number of aliphatic carboxylic acids is 1. The molecule has 0 aliphatic carbocycles. The molecular weight excluding hydrogens is 434 g/mol. The van der Waals surface area contributed by atoms with Crippen LogP contribution in [-0.4, -0.2) is 64.9 Å². The van der Waals surface area contributed by atoms with E-state index in [4.69, 9.17) is 4.42 Å². The fourth-order valence-corrected chi connectivity index (χ4v) is 3.98. The van der Waals surface area contributed by atoms with Gasteiger partial charge in [0.2, 0.25) is 0 Å². The molecule has 4 rings (SSSR count). The number of rotatable bonds is 8. The summed E-state index contributed by atoms with van der Waals surface area (Å²) in [6, 6.07) is 18.8. The van der Waals surface area contributed by atoms with Crippen LogP contribution in [0.25, 0.3) is 0 Å². The number of carbonyl (C=O) groups is 3. The molecular formula is C26H27N3O5. The monoisotopic (exact) mass is 461 g/mol. The van der Waals surface area contributed by atoms with Gasteiger partial charge in [0.1, 0.15) is 6.04 Å². The van der Waals surface area contributed by atoms with Crippen molar-refractivity contribution in [3.05, 3.63) is 95.4 Å². The fraction of sp³-hybridized carbons (Fsp3) is 0.269. The molecule has 1 atom stereocenters. The molecule has 34 heavy (non-hydrogen) atoms. The van der Waals surface area contributed by atoms with Gasteiger partial charge in [0.15, 0.2) is 5.76 Å². The predicted octanol–water partition coefficient (Wildman–Crippen LogP) is 2.66. The Morgan fingerprint density at radius 1 is 0.882 bits per heavy atom. The average Bonchev–Trinajstić information content (AvgIpc) is 3.40. The lowest BCUT2D eigenvalue weighted by atomic mass is 10.0. The highest BCUT2D eigenvalue weighted by atomic mass is 16.4. The third-order valence-electron chi connectivity index (χ3n) is 5.90. The van der Waals surface area contributed by atoms with Crippen molar-refractivity contribution in [2.24, 2.45) is 0 Å². The summed E-state index contributed by atoms with van der Waals surface area (Å²) in [6.45, 7) is 3.44. The lowest BCUT2D eigenvalue weighted by Crippen LogP contribution is -2.48. The molecule has 176 valence electrons. The van der Waals surface area contributed by atoms with Crippen molar-refractivity contribution in [2.45, 2.75) is 19.0 Å². The van der Waals surface area contributed by atoms with Gasteiger partial charge in [-0.3, -0.25) is 14.5 Å². The number of benzene rings is 2. The molecule has 2 amide bonds. The molecule has 0 radical (unpaired) electrons. The van der Waals surface area contributed by atoms with Gasteiger partial charge in [-0.25, -0.2) is 4.79 Å². The highest BCUT2D eigenvalue weighted by Crippen LogP contribution is 2.13. The predicted molar refractivity (Wildman–Crippen MR) is 125 cm³/mol. The zero-order valence-corrected chi connectivity index (χ0v) is 18.7. The number of nitrogens with zero attached hydrogens (tertiary/aromatic N) is 2. The van der Waals surface area contributed by atoms with Gasteiger partial charge >= 0.3 is 5.97 Å². The number of hydrogen-bond acceptors (Lipinski definition) is 5. The number of carboxylic acids is 1. The number of carbonyl (C=O) groups excluding carboxylic acids is 2. The zero-order valence-electron chi connectivity index (χ0n) is 18.7. The van der Waals surface area contributed by atoms with E-state index < -0.39 is 17.9 Å². The molecule has 2 aromatic carbocycles. The number of piperazine rings is 1. The van der Waals surface area contributed by atoms with Crippen LogP contribution in [0.5, 0.6) is 0 Å². The number of carboxylic acid groups (broad SMARTS) is 1. The van der Waals surface area contributed by atoms with E-state index in [-0.39, 0.29) is 12.3 Å². The quantitative estimate of drug-likeness (QED) is 0.535. The number of nitrogens with one attached hydrogen (secondary N) is 1. The van der Waals surface area contributed by atoms with Gasteiger partial charge in [-0.1, -0.05) is 42.5 Å². The second-order valence-corrected chi connectivity index (χ2v) is 8.30. The standard InChI is InChI=1S/C26H27N3O5/c30-24(27-22(26(32)33)17-19-5-2-1-3-6-19)21-10-8-20(9-11-21)18-28-12-14-29(15-13-28)25(31)23-7-4-16-34-23/h1-11,16,22H,12-15,17-18H2,(H,27,30)(H,32,33)/t22-/m0/s1. The fourth-order valence-electron chi connectivity index (χ4n) is 3.98. The molecule has 0 unspecified atom stereocenters. The molecule has 1 aromatic heterocycles. The van der Waals surface area contributed by atoms with Gasteiger partial charge in [-0.15, -0.1) is 0 Å². The van der Waals surface area contributed by atoms with Crippen LogP contribution in [0.4, 0.5) is 0 Å². The number of amides is 2. The smallest absolute Gasteiger partial charge is 0.326 e. The normalized spacial score (nSPS) is 15.0. The summed E-state index contributed by atoms with van der Waals surface area (Å²) in [5, 5.41) is 12.1. The van der Waals surface area contributed by atoms with E-state index in [0.29, 0.717) is 31.0 Å². The summed E-state index contributed by atoms with van der Waals surface area (Å²) in [5.74, 6) is -1.22. The lowest BCUT2D eigenvalue weighted by Gasteiger charge is -2.34. The molecule has 2 N–H and O–H groups in total. The summed E-state index contributed by atoms with van der Waals surface area (Å²) < 4.78 is 5.20. The first-order valence-electron chi connectivity index (χ1n) is 11.2. The first kappa shape index (κ1) is 23.3. The molecule has 3 aromatic rings. The van der Waals surface area contributed by atoms with Crippen LogP contribution in [0.1, 0.15) is 32.0 Å². The van der Waals surface area contributed by atoms with Crippen LogP contribution in [-0.2, 0) is 17.8 Å². The highest BCUT2D eigenvalue weighted by Gasteiger charge is 2.24. The zero-order chi connectivity index (χ0) is 23.9. The van der Waals surface area contributed by atoms with Gasteiger partial charge in [0.05, 0.1) is 6.26 Å². The Kier molecular flexibility index (Phi) is 7.39. The van der Waals surface area contributed by atoms with E-state index >= 15 is 0 Å². The van der Waals surface area contributed by atoms with Crippen molar-refractivity contribution in [3.8, 4) is 0 Å². The SMILES string of the molecule is O=C(N[C@@H](Cc1ccccc1)C(=O)O)c1ccc(CN2CCN(C(=O)c3ccco3)CC2)cc1. The van der Waals surface area contributed by atoms with E-state index in [1.807, 2.05) is 42.5 Å². The van der Waals surface area contributed by atoms with Crippen molar-refractivity contribution >= 4 is 17.8 Å². The molecule has 1 aliphatic rings. The minimum absolute atomic E-state index is 0.0908. The maximum Gasteiger partial charge on any atom is 0.326 e. The first-order valence-corrected chi connectivity index (χ1v) is 11.2. The van der Waals surface area contributed by atoms with Gasteiger partial charge in [0.25, 0.3) is 11.8 Å². The topological polar surface area (TPSA) is 103 Å². The summed E-state index contributed by atoms with van der Waals surface area (Å²) in [6.07, 6.45) is 1.72. The summed E-state index contributed by atoms with van der Waals surface area (Å²) in [5.41, 5.74) is 2.30. The molecule has 1 fully saturated rings. The minimum atomic E-state index is -1.07. The third kappa shape index (κ3) is 5.90. The van der Waals surface area contributed by atoms with Gasteiger partial charge in [-0.05, 0) is 35.4 Å². The second-order valence-electron chi connectivity index (χ2n) is 8.30. The second kappa shape index (κ2) is 10.8. The van der Waals surface area contributed by atoms with Crippen LogP contribution in [0.3, 0.4) is 0 Å². The van der Waals surface area contributed by atoms with Crippen LogP contribution >= 0.6 is 0 Å². The molecule has 8 nitrogen and oxygen atoms in total. The van der Waals surface area contributed by atoms with Crippen molar-refractivity contribution in [3.63, 3.8) is 0 Å². The molecule has 0 bridgehead atoms. The van der Waals surface area contributed by atoms with Crippen molar-refractivity contribution in [1.29, 1.82) is 0 Å². The van der Waals surface area contributed by atoms with Crippen molar-refractivity contribution in [2.75, 3.05) is 26.2 Å². The summed E-state index contributed by atoms with van der Waals surface area (Å²) in [4.78, 5) is 40.7. The summed E-state index contributed by atoms with van der Waals surface area (Å²) >= 11 is 0. The van der Waals surface area contributed by atoms with E-state index in [2.05, 4.69) is 10.2 Å². The lowest BCUT2D eigenvalue weighted by molar-refractivity contribution is -0.139. The first-order chi connectivity index (χ1) is 16.5. The van der Waals surface area contributed by atoms with E-state index in [1.165, 1.54) is 6.26 Å². The summed E-state index contributed by atoms with van der Waals surface area (Å²) in [7, 11) is 0. The van der Waals surface area contributed by atoms with Gasteiger partial charge < -0.3 is 19.7 Å². The molecule has 0 spiro atoms. The molecule has 1 aliphatic heterocycles. The number of furan rings is 1. The molecule has 2 heterocycles. The Balaban J connectivity index is 1.28. The Hall–Kier alpha value is -3.91. The van der Waals surface area contributed by atoms with E-state index in [9.17, 15) is 19.5 Å². The van der Waals surface area contributed by atoms with Crippen LogP contribution < -0.4 is 5.32 Å². The van der Waals surface area contributed by atoms with Crippen LogP contribution in [0.15, 0.2) is 77.4 Å². The highest BCUT2D eigenvalue weighted by molar-refractivity contribution is 5.96. The number of hydrogen-bond donors (Lipinski definition) is 2. The van der Waals surface area contributed by atoms with E-state index in [0.717, 1.165) is 24.2 Å². The maximum absolute atomic E-state index is 12.6. The maximum atomic E-state index is 12.6. The Labute approximate surface area is 197 Å².